The van der Waals surface area contributed by atoms with E-state index < -0.39 is 0 Å². The summed E-state index contributed by atoms with van der Waals surface area (Å²) in [6, 6.07) is 0. The molecule has 0 aromatic rings. The van der Waals surface area contributed by atoms with E-state index >= 15 is 0 Å². The minimum Gasteiger partial charge on any atom is -0.0611 e. The highest BCUT2D eigenvalue weighted by atomic mass is 79.9. The fraction of sp³-hybridized carbons (Fsp3) is 0.500. The van der Waals surface area contributed by atoms with Crippen LogP contribution in [0.25, 0.3) is 0 Å². The molecule has 2 unspecified atom stereocenters. The quantitative estimate of drug-likeness (QED) is 0.678. The lowest BCUT2D eigenvalue weighted by molar-refractivity contribution is 0.998. The molecule has 0 saturated carbocycles. The molecule has 0 heterocycles. The van der Waals surface area contributed by atoms with Crippen LogP contribution in [0.5, 0.6) is 0 Å². The highest BCUT2D eigenvalue weighted by molar-refractivity contribution is 9.14. The van der Waals surface area contributed by atoms with Gasteiger partial charge in [0, 0.05) is 20.8 Å². The molecule has 2 aliphatic rings. The van der Waals surface area contributed by atoms with Crippen LogP contribution < -0.4 is 0 Å². The first-order chi connectivity index (χ1) is 6.46. The maximum Gasteiger partial charge on any atom is 0.0358 e. The highest BCUT2D eigenvalue weighted by Gasteiger charge is 2.36. The van der Waals surface area contributed by atoms with E-state index in [9.17, 15) is 0 Å². The Kier molecular flexibility index (Phi) is 2.55. The van der Waals surface area contributed by atoms with Gasteiger partial charge < -0.3 is 0 Å². The van der Waals surface area contributed by atoms with Crippen molar-refractivity contribution in [1.82, 2.24) is 0 Å². The van der Waals surface area contributed by atoms with Gasteiger partial charge in [-0.25, -0.2) is 0 Å². The Morgan fingerprint density at radius 2 is 1.07 bits per heavy atom. The summed E-state index contributed by atoms with van der Waals surface area (Å²) in [4.78, 5) is 0. The van der Waals surface area contributed by atoms with Gasteiger partial charge in [0.1, 0.15) is 0 Å². The molecule has 14 heavy (non-hydrogen) atoms. The normalized spacial score (nSPS) is 32.1. The summed E-state index contributed by atoms with van der Waals surface area (Å²) in [5, 5.41) is 0. The zero-order valence-electron chi connectivity index (χ0n) is 8.91. The second-order valence-electron chi connectivity index (χ2n) is 4.26. The van der Waals surface area contributed by atoms with Crippen LogP contribution in [0, 0.1) is 11.8 Å². The predicted molar refractivity (Wildman–Crippen MR) is 68.6 cm³/mol. The molecule has 76 valence electrons. The molecule has 0 radical (unpaired) electrons. The summed E-state index contributed by atoms with van der Waals surface area (Å²) in [7, 11) is 0. The molecule has 0 N–H and O–H groups in total. The summed E-state index contributed by atoms with van der Waals surface area (Å²) in [5.74, 6) is 1.35. The number of rotatable bonds is 2. The van der Waals surface area contributed by atoms with Gasteiger partial charge in [0.15, 0.2) is 0 Å². The van der Waals surface area contributed by atoms with Gasteiger partial charge in [-0.3, -0.25) is 0 Å². The molecule has 0 saturated heterocycles. The van der Waals surface area contributed by atoms with E-state index in [1.54, 1.807) is 0 Å². The molecule has 0 fully saturated rings. The molecule has 0 spiro atoms. The Morgan fingerprint density at radius 1 is 0.857 bits per heavy atom. The van der Waals surface area contributed by atoms with Crippen molar-refractivity contribution in [2.75, 3.05) is 0 Å². The largest absolute Gasteiger partial charge is 0.0611 e. The van der Waals surface area contributed by atoms with Crippen molar-refractivity contribution in [2.24, 2.45) is 11.8 Å². The van der Waals surface area contributed by atoms with Crippen LogP contribution in [0.3, 0.4) is 0 Å². The minimum atomic E-state index is 0.673. The van der Waals surface area contributed by atoms with Gasteiger partial charge >= 0.3 is 0 Å². The number of hydrogen-bond donors (Lipinski definition) is 0. The first kappa shape index (κ1) is 10.7. The van der Waals surface area contributed by atoms with Crippen LogP contribution >= 0.6 is 31.9 Å². The summed E-state index contributed by atoms with van der Waals surface area (Å²) in [6.07, 6.45) is 0. The SMILES string of the molecule is CC1=C(/C(Br)=C(\Br)C2=C(C)C2C)C1C. The van der Waals surface area contributed by atoms with E-state index in [0.29, 0.717) is 11.8 Å². The number of allylic oxidation sites excluding steroid dienone is 6. The molecule has 0 nitrogen and oxygen atoms in total. The van der Waals surface area contributed by atoms with Gasteiger partial charge in [0.2, 0.25) is 0 Å². The lowest BCUT2D eigenvalue weighted by Crippen LogP contribution is -1.79. The van der Waals surface area contributed by atoms with E-state index in [4.69, 9.17) is 0 Å². The first-order valence-electron chi connectivity index (χ1n) is 4.94. The van der Waals surface area contributed by atoms with Crippen LogP contribution in [0.15, 0.2) is 31.3 Å². The Hall–Kier alpha value is 0.180. The van der Waals surface area contributed by atoms with Crippen molar-refractivity contribution in [2.45, 2.75) is 27.7 Å². The van der Waals surface area contributed by atoms with Gasteiger partial charge in [-0.15, -0.1) is 0 Å². The Balaban J connectivity index is 2.26. The molecule has 0 amide bonds. The smallest absolute Gasteiger partial charge is 0.0358 e. The van der Waals surface area contributed by atoms with Crippen molar-refractivity contribution in [1.29, 1.82) is 0 Å². The highest BCUT2D eigenvalue weighted by Crippen LogP contribution is 2.53. The summed E-state index contributed by atoms with van der Waals surface area (Å²) in [6.45, 7) is 8.92. The average Bonchev–Trinajstić information content (AvgIpc) is 2.92. The van der Waals surface area contributed by atoms with Gasteiger partial charge in [-0.05, 0) is 56.9 Å². The van der Waals surface area contributed by atoms with Gasteiger partial charge in [-0.2, -0.15) is 0 Å². The number of hydrogen-bond acceptors (Lipinski definition) is 0. The minimum absolute atomic E-state index is 0.673. The summed E-state index contributed by atoms with van der Waals surface area (Å²) >= 11 is 7.37. The van der Waals surface area contributed by atoms with Crippen LogP contribution in [0.4, 0.5) is 0 Å². The van der Waals surface area contributed by atoms with Crippen LogP contribution in [0.1, 0.15) is 27.7 Å². The van der Waals surface area contributed by atoms with Crippen LogP contribution in [-0.2, 0) is 0 Å². The average molecular weight is 318 g/mol. The van der Waals surface area contributed by atoms with Crippen molar-refractivity contribution >= 4 is 31.9 Å². The molecule has 0 aliphatic heterocycles. The Morgan fingerprint density at radius 3 is 1.21 bits per heavy atom. The summed E-state index contributed by atoms with van der Waals surface area (Å²) < 4.78 is 2.53. The molecule has 2 atom stereocenters. The monoisotopic (exact) mass is 316 g/mol. The summed E-state index contributed by atoms with van der Waals surface area (Å²) in [5.41, 5.74) is 5.99. The molecular weight excluding hydrogens is 304 g/mol. The van der Waals surface area contributed by atoms with Gasteiger partial charge in [0.05, 0.1) is 0 Å². The zero-order chi connectivity index (χ0) is 10.6. The topological polar surface area (TPSA) is 0 Å². The zero-order valence-corrected chi connectivity index (χ0v) is 12.1. The number of halogens is 2. The maximum atomic E-state index is 3.69. The standard InChI is InChI=1S/C12H14Br2/c1-5-6(2)9(5)11(13)12(14)10-7(3)8(10)4/h5,7H,1-4H3/b12-11+. The Bertz CT molecular complexity index is 359. The predicted octanol–water partition coefficient (Wildman–Crippen LogP) is 4.92. The van der Waals surface area contributed by atoms with Gasteiger partial charge in [-0.1, -0.05) is 25.0 Å². The third-order valence-corrected chi connectivity index (χ3v) is 5.69. The van der Waals surface area contributed by atoms with E-state index in [2.05, 4.69) is 59.6 Å². The fourth-order valence-electron chi connectivity index (χ4n) is 1.92. The van der Waals surface area contributed by atoms with Crippen LogP contribution in [0.2, 0.25) is 0 Å². The van der Waals surface area contributed by atoms with E-state index in [-0.39, 0.29) is 0 Å². The van der Waals surface area contributed by atoms with Crippen LogP contribution in [-0.4, -0.2) is 0 Å². The van der Waals surface area contributed by atoms with Crippen molar-refractivity contribution in [3.05, 3.63) is 31.3 Å². The van der Waals surface area contributed by atoms with E-state index in [1.807, 2.05) is 0 Å². The second-order valence-corrected chi connectivity index (χ2v) is 5.85. The van der Waals surface area contributed by atoms with Crippen molar-refractivity contribution in [3.63, 3.8) is 0 Å². The molecule has 2 aliphatic carbocycles. The third kappa shape index (κ3) is 1.47. The van der Waals surface area contributed by atoms with Crippen molar-refractivity contribution in [3.8, 4) is 0 Å². The van der Waals surface area contributed by atoms with Gasteiger partial charge in [0.25, 0.3) is 0 Å². The lowest BCUT2D eigenvalue weighted by atomic mass is 10.2. The molecule has 0 aromatic heterocycles. The molecule has 2 heteroatoms. The fourth-order valence-corrected chi connectivity index (χ4v) is 3.66. The second kappa shape index (κ2) is 3.34. The molecule has 0 aromatic carbocycles. The van der Waals surface area contributed by atoms with E-state index in [1.165, 1.54) is 31.3 Å². The lowest BCUT2D eigenvalue weighted by Gasteiger charge is -1.98. The first-order valence-corrected chi connectivity index (χ1v) is 6.52. The third-order valence-electron chi connectivity index (χ3n) is 3.51. The molecule has 2 rings (SSSR count). The Labute approximate surface area is 102 Å². The van der Waals surface area contributed by atoms with Crippen molar-refractivity contribution < 1.29 is 0 Å². The molecular formula is C12H14Br2. The maximum absolute atomic E-state index is 3.69. The molecule has 0 bridgehead atoms. The van der Waals surface area contributed by atoms with E-state index in [0.717, 1.165) is 0 Å².